The van der Waals surface area contributed by atoms with Gasteiger partial charge in [-0.2, -0.15) is 0 Å². The molecule has 0 spiro atoms. The molecular weight excluding hydrogens is 368 g/mol. The first-order valence-corrected chi connectivity index (χ1v) is 9.98. The normalized spacial score (nSPS) is 11.1. The van der Waals surface area contributed by atoms with Crippen molar-refractivity contribution in [3.05, 3.63) is 71.6 Å². The third kappa shape index (κ3) is 3.48. The van der Waals surface area contributed by atoms with E-state index in [1.165, 1.54) is 0 Å². The Kier molecular flexibility index (Phi) is 5.31. The summed E-state index contributed by atoms with van der Waals surface area (Å²) in [5, 5.41) is 5.27. The predicted molar refractivity (Wildman–Crippen MR) is 117 cm³/mol. The van der Waals surface area contributed by atoms with Gasteiger partial charge in [0.15, 0.2) is 5.65 Å². The van der Waals surface area contributed by atoms with Crippen molar-refractivity contribution in [3.63, 3.8) is 0 Å². The summed E-state index contributed by atoms with van der Waals surface area (Å²) in [5.41, 5.74) is 5.15. The molecule has 4 nitrogen and oxygen atoms in total. The molecule has 0 unspecified atom stereocenters. The molecule has 0 atom stereocenters. The molecule has 2 aromatic heterocycles. The van der Waals surface area contributed by atoms with Crippen LogP contribution in [0.2, 0.25) is 5.02 Å². The van der Waals surface area contributed by atoms with Gasteiger partial charge in [0.2, 0.25) is 0 Å². The number of nitrogens with one attached hydrogen (secondary N) is 1. The molecule has 4 rings (SSSR count). The first kappa shape index (κ1) is 18.5. The highest BCUT2D eigenvalue weighted by atomic mass is 35.5. The highest BCUT2D eigenvalue weighted by Crippen LogP contribution is 2.35. The molecule has 1 N–H and O–H groups in total. The monoisotopic (exact) mass is 390 g/mol. The van der Waals surface area contributed by atoms with Gasteiger partial charge in [-0.3, -0.25) is 0 Å². The average Bonchev–Trinajstić information content (AvgIpc) is 3.11. The molecule has 0 aliphatic heterocycles. The second-order valence-corrected chi connectivity index (χ2v) is 7.32. The number of aromatic nitrogens is 3. The van der Waals surface area contributed by atoms with Crippen molar-refractivity contribution in [1.82, 2.24) is 14.5 Å². The van der Waals surface area contributed by atoms with Crippen molar-refractivity contribution >= 4 is 28.5 Å². The topological polar surface area (TPSA) is 42.7 Å². The second-order valence-electron chi connectivity index (χ2n) is 6.91. The summed E-state index contributed by atoms with van der Waals surface area (Å²) in [6.07, 6.45) is 5.98. The van der Waals surface area contributed by atoms with E-state index in [1.807, 2.05) is 25.1 Å². The smallest absolute Gasteiger partial charge is 0.150 e. The van der Waals surface area contributed by atoms with E-state index in [9.17, 15) is 0 Å². The van der Waals surface area contributed by atoms with Crippen LogP contribution < -0.4 is 5.32 Å². The van der Waals surface area contributed by atoms with Crippen LogP contribution in [0.3, 0.4) is 0 Å². The first-order chi connectivity index (χ1) is 13.7. The fourth-order valence-electron chi connectivity index (χ4n) is 3.34. The van der Waals surface area contributed by atoms with Crippen molar-refractivity contribution in [2.24, 2.45) is 0 Å². The molecule has 2 aromatic carbocycles. The molecule has 0 aliphatic rings. The number of hydrogen-bond donors (Lipinski definition) is 1. The van der Waals surface area contributed by atoms with Gasteiger partial charge in [-0.15, -0.1) is 0 Å². The average molecular weight is 391 g/mol. The van der Waals surface area contributed by atoms with Crippen LogP contribution in [0.1, 0.15) is 25.3 Å². The fourth-order valence-corrected chi connectivity index (χ4v) is 3.52. The van der Waals surface area contributed by atoms with Gasteiger partial charge in [0.05, 0.1) is 5.39 Å². The van der Waals surface area contributed by atoms with Gasteiger partial charge in [-0.05, 0) is 36.6 Å². The quantitative estimate of drug-likeness (QED) is 0.395. The predicted octanol–water partition coefficient (Wildman–Crippen LogP) is 6.26. The summed E-state index contributed by atoms with van der Waals surface area (Å²) >= 11 is 6.40. The molecule has 0 saturated carbocycles. The maximum Gasteiger partial charge on any atom is 0.150 e. The van der Waals surface area contributed by atoms with Crippen molar-refractivity contribution in [2.75, 3.05) is 11.9 Å². The van der Waals surface area contributed by atoms with Crippen molar-refractivity contribution in [1.29, 1.82) is 0 Å². The van der Waals surface area contributed by atoms with Crippen LogP contribution >= 0.6 is 11.6 Å². The highest BCUT2D eigenvalue weighted by Gasteiger charge is 2.17. The SMILES string of the molecule is CCCCNc1ncnc2c1c(-c1ccccc1)cn2-c1ccc(C)c(Cl)c1. The minimum Gasteiger partial charge on any atom is -0.369 e. The van der Waals surface area contributed by atoms with Gasteiger partial charge >= 0.3 is 0 Å². The number of aryl methyl sites for hydroxylation is 1. The number of hydrogen-bond acceptors (Lipinski definition) is 3. The Morgan fingerprint density at radius 2 is 1.89 bits per heavy atom. The molecule has 2 heterocycles. The van der Waals surface area contributed by atoms with Gasteiger partial charge in [-0.1, -0.05) is 61.3 Å². The third-order valence-electron chi connectivity index (χ3n) is 4.92. The maximum atomic E-state index is 6.40. The van der Waals surface area contributed by atoms with Gasteiger partial charge in [-0.25, -0.2) is 9.97 Å². The van der Waals surface area contributed by atoms with Gasteiger partial charge < -0.3 is 9.88 Å². The minimum atomic E-state index is 0.746. The van der Waals surface area contributed by atoms with Crippen LogP contribution in [0.4, 0.5) is 5.82 Å². The molecule has 28 heavy (non-hydrogen) atoms. The molecule has 0 fully saturated rings. The summed E-state index contributed by atoms with van der Waals surface area (Å²) in [6, 6.07) is 16.4. The highest BCUT2D eigenvalue weighted by molar-refractivity contribution is 6.31. The van der Waals surface area contributed by atoms with Gasteiger partial charge in [0.1, 0.15) is 12.1 Å². The van der Waals surface area contributed by atoms with Crippen LogP contribution in [0.5, 0.6) is 0 Å². The Labute approximate surface area is 170 Å². The lowest BCUT2D eigenvalue weighted by Gasteiger charge is -2.09. The molecule has 0 radical (unpaired) electrons. The van der Waals surface area contributed by atoms with E-state index < -0.39 is 0 Å². The Morgan fingerprint density at radius 1 is 1.07 bits per heavy atom. The summed E-state index contributed by atoms with van der Waals surface area (Å²) in [6.45, 7) is 5.08. The summed E-state index contributed by atoms with van der Waals surface area (Å²) in [7, 11) is 0. The van der Waals surface area contributed by atoms with E-state index >= 15 is 0 Å². The Morgan fingerprint density at radius 3 is 2.64 bits per heavy atom. The van der Waals surface area contributed by atoms with Crippen molar-refractivity contribution < 1.29 is 0 Å². The number of benzene rings is 2. The largest absolute Gasteiger partial charge is 0.369 e. The van der Waals surface area contributed by atoms with Crippen LogP contribution in [0, 0.1) is 6.92 Å². The van der Waals surface area contributed by atoms with E-state index in [0.29, 0.717) is 0 Å². The Balaban J connectivity index is 1.94. The summed E-state index contributed by atoms with van der Waals surface area (Å²) in [4.78, 5) is 9.16. The molecule has 4 aromatic rings. The van der Waals surface area contributed by atoms with Crippen molar-refractivity contribution in [3.8, 4) is 16.8 Å². The van der Waals surface area contributed by atoms with Crippen molar-refractivity contribution in [2.45, 2.75) is 26.7 Å². The van der Waals surface area contributed by atoms with E-state index in [1.54, 1.807) is 6.33 Å². The minimum absolute atomic E-state index is 0.746. The number of nitrogens with zero attached hydrogens (tertiary/aromatic N) is 3. The number of rotatable bonds is 6. The lowest BCUT2D eigenvalue weighted by atomic mass is 10.1. The fraction of sp³-hybridized carbons (Fsp3) is 0.217. The Hall–Kier alpha value is -2.85. The van der Waals surface area contributed by atoms with Crippen LogP contribution in [-0.4, -0.2) is 21.1 Å². The summed E-state index contributed by atoms with van der Waals surface area (Å²) < 4.78 is 2.09. The van der Waals surface area contributed by atoms with E-state index in [4.69, 9.17) is 11.6 Å². The molecule has 0 bridgehead atoms. The van der Waals surface area contributed by atoms with Gasteiger partial charge in [0.25, 0.3) is 0 Å². The lowest BCUT2D eigenvalue weighted by molar-refractivity contribution is 0.831. The number of anilines is 1. The molecule has 142 valence electrons. The maximum absolute atomic E-state index is 6.40. The Bertz CT molecular complexity index is 1100. The zero-order chi connectivity index (χ0) is 19.5. The number of halogens is 1. The van der Waals surface area contributed by atoms with Crippen LogP contribution in [0.15, 0.2) is 61.1 Å². The molecule has 0 saturated heterocycles. The molecule has 0 amide bonds. The van der Waals surface area contributed by atoms with Crippen LogP contribution in [0.25, 0.3) is 27.8 Å². The zero-order valence-electron chi connectivity index (χ0n) is 16.1. The van der Waals surface area contributed by atoms with Crippen LogP contribution in [-0.2, 0) is 0 Å². The third-order valence-corrected chi connectivity index (χ3v) is 5.33. The standard InChI is InChI=1S/C23H23ClN4/c1-3-4-12-25-22-21-19(17-8-6-5-7-9-17)14-28(23(21)27-15-26-22)18-11-10-16(2)20(24)13-18/h5-11,13-15H,3-4,12H2,1-2H3,(H,25,26,27). The van der Waals surface area contributed by atoms with Gasteiger partial charge in [0, 0.05) is 29.0 Å². The van der Waals surface area contributed by atoms with E-state index in [0.717, 1.165) is 63.6 Å². The molecular formula is C23H23ClN4. The zero-order valence-corrected chi connectivity index (χ0v) is 16.9. The second kappa shape index (κ2) is 8.03. The lowest BCUT2D eigenvalue weighted by Crippen LogP contribution is -2.04. The molecule has 0 aliphatic carbocycles. The molecule has 5 heteroatoms. The first-order valence-electron chi connectivity index (χ1n) is 9.61. The summed E-state index contributed by atoms with van der Waals surface area (Å²) in [5.74, 6) is 0.870. The van der Waals surface area contributed by atoms with E-state index in [2.05, 4.69) is 63.3 Å². The van der Waals surface area contributed by atoms with E-state index in [-0.39, 0.29) is 0 Å². The number of unbranched alkanes of at least 4 members (excludes halogenated alkanes) is 1. The number of fused-ring (bicyclic) bond motifs is 1.